The van der Waals surface area contributed by atoms with E-state index in [1.165, 1.54) is 14.2 Å². The molecule has 1 fully saturated rings. The Hall–Kier alpha value is -3.23. The van der Waals surface area contributed by atoms with Gasteiger partial charge >= 0.3 is 18.0 Å². The predicted octanol–water partition coefficient (Wildman–Crippen LogP) is 3.39. The Kier molecular flexibility index (Phi) is 8.92. The van der Waals surface area contributed by atoms with E-state index >= 15 is 0 Å². The summed E-state index contributed by atoms with van der Waals surface area (Å²) in [5.74, 6) is -0.966. The van der Waals surface area contributed by atoms with Crippen LogP contribution in [0.2, 0.25) is 0 Å². The Bertz CT molecular complexity index is 838. The van der Waals surface area contributed by atoms with Gasteiger partial charge < -0.3 is 29.7 Å². The van der Waals surface area contributed by atoms with Crippen molar-refractivity contribution in [2.45, 2.75) is 39.2 Å². The zero-order valence-corrected chi connectivity index (χ0v) is 19.4. The summed E-state index contributed by atoms with van der Waals surface area (Å²) in [6, 6.07) is 7.37. The Balaban J connectivity index is 1.97. The van der Waals surface area contributed by atoms with E-state index in [1.807, 2.05) is 39.0 Å². The Labute approximate surface area is 189 Å². The highest BCUT2D eigenvalue weighted by Gasteiger charge is 2.27. The third kappa shape index (κ3) is 7.79. The first-order valence-electron chi connectivity index (χ1n) is 10.6. The number of benzene rings is 1. The van der Waals surface area contributed by atoms with Crippen molar-refractivity contribution in [2.75, 3.05) is 44.5 Å². The van der Waals surface area contributed by atoms with E-state index in [4.69, 9.17) is 9.47 Å². The van der Waals surface area contributed by atoms with Crippen LogP contribution >= 0.6 is 0 Å². The van der Waals surface area contributed by atoms with Gasteiger partial charge in [-0.2, -0.15) is 0 Å². The second kappa shape index (κ2) is 11.4. The number of carbonyl (C=O) groups is 3. The van der Waals surface area contributed by atoms with E-state index in [2.05, 4.69) is 15.4 Å². The second-order valence-electron chi connectivity index (χ2n) is 8.54. The number of para-hydroxylation sites is 2. The molecule has 0 radical (unpaired) electrons. The molecular weight excluding hydrogens is 414 g/mol. The first-order valence-corrected chi connectivity index (χ1v) is 10.6. The van der Waals surface area contributed by atoms with Crippen molar-refractivity contribution in [2.24, 2.45) is 5.92 Å². The molecule has 1 aromatic carbocycles. The molecule has 0 spiro atoms. The molecule has 0 aromatic heterocycles. The van der Waals surface area contributed by atoms with Crippen LogP contribution in [0.1, 0.15) is 33.6 Å². The highest BCUT2D eigenvalue weighted by molar-refractivity contribution is 5.99. The molecular formula is C23H33N3O6. The number of rotatable bonds is 7. The summed E-state index contributed by atoms with van der Waals surface area (Å²) in [6.45, 7) is 7.58. The summed E-state index contributed by atoms with van der Waals surface area (Å²) in [6.07, 6.45) is 2.50. The second-order valence-corrected chi connectivity index (χ2v) is 8.54. The van der Waals surface area contributed by atoms with Gasteiger partial charge in [0.1, 0.15) is 11.3 Å². The lowest BCUT2D eigenvalue weighted by molar-refractivity contribution is -0.138. The van der Waals surface area contributed by atoms with Gasteiger partial charge in [0.25, 0.3) is 0 Å². The van der Waals surface area contributed by atoms with Gasteiger partial charge in [-0.3, -0.25) is 0 Å². The number of piperidine rings is 1. The summed E-state index contributed by atoms with van der Waals surface area (Å²) in [5, 5.41) is 6.35. The highest BCUT2D eigenvalue weighted by atomic mass is 16.6. The topological polar surface area (TPSA) is 106 Å². The number of nitrogens with one attached hydrogen (secondary N) is 2. The predicted molar refractivity (Wildman–Crippen MR) is 121 cm³/mol. The van der Waals surface area contributed by atoms with Crippen molar-refractivity contribution in [3.63, 3.8) is 0 Å². The van der Waals surface area contributed by atoms with Crippen LogP contribution in [0, 0.1) is 5.92 Å². The Morgan fingerprint density at radius 3 is 2.25 bits per heavy atom. The number of hydrogen-bond donors (Lipinski definition) is 2. The summed E-state index contributed by atoms with van der Waals surface area (Å²) in [5.41, 5.74) is 0.873. The van der Waals surface area contributed by atoms with E-state index < -0.39 is 17.5 Å². The molecule has 1 aliphatic heterocycles. The van der Waals surface area contributed by atoms with E-state index in [9.17, 15) is 14.4 Å². The molecule has 1 aliphatic rings. The van der Waals surface area contributed by atoms with Gasteiger partial charge in [0, 0.05) is 19.6 Å². The minimum Gasteiger partial charge on any atom is -0.466 e. The molecule has 32 heavy (non-hydrogen) atoms. The van der Waals surface area contributed by atoms with Crippen LogP contribution in [0.25, 0.3) is 0 Å². The third-order valence-corrected chi connectivity index (χ3v) is 4.91. The van der Waals surface area contributed by atoms with Gasteiger partial charge in [-0.15, -0.1) is 0 Å². The van der Waals surface area contributed by atoms with Gasteiger partial charge in [-0.1, -0.05) is 12.1 Å². The zero-order chi connectivity index (χ0) is 23.7. The maximum absolute atomic E-state index is 12.2. The van der Waals surface area contributed by atoms with Gasteiger partial charge in [0.2, 0.25) is 0 Å². The molecule has 1 saturated heterocycles. The summed E-state index contributed by atoms with van der Waals surface area (Å²) in [4.78, 5) is 37.6. The lowest BCUT2D eigenvalue weighted by atomic mass is 9.97. The fraction of sp³-hybridized carbons (Fsp3) is 0.522. The quantitative estimate of drug-likeness (QED) is 0.372. The van der Waals surface area contributed by atoms with E-state index in [1.54, 1.807) is 11.0 Å². The minimum absolute atomic E-state index is 0.0285. The molecule has 0 unspecified atom stereocenters. The molecule has 0 aliphatic carbocycles. The first kappa shape index (κ1) is 25.0. The molecule has 2 rings (SSSR count). The number of amides is 1. The fourth-order valence-electron chi connectivity index (χ4n) is 3.22. The molecule has 0 atom stereocenters. The summed E-state index contributed by atoms with van der Waals surface area (Å²) < 4.78 is 14.8. The van der Waals surface area contributed by atoms with Crippen LogP contribution in [0.3, 0.4) is 0 Å². The molecule has 9 nitrogen and oxygen atoms in total. The van der Waals surface area contributed by atoms with Crippen LogP contribution in [-0.4, -0.2) is 62.4 Å². The van der Waals surface area contributed by atoms with Crippen molar-refractivity contribution in [3.05, 3.63) is 36.0 Å². The third-order valence-electron chi connectivity index (χ3n) is 4.91. The monoisotopic (exact) mass is 447 g/mol. The van der Waals surface area contributed by atoms with Crippen LogP contribution in [0.5, 0.6) is 0 Å². The number of methoxy groups -OCH3 is 2. The lowest BCUT2D eigenvalue weighted by Gasteiger charge is -2.33. The summed E-state index contributed by atoms with van der Waals surface area (Å²) >= 11 is 0. The normalized spacial score (nSPS) is 15.0. The van der Waals surface area contributed by atoms with Gasteiger partial charge in [-0.25, -0.2) is 14.4 Å². The van der Waals surface area contributed by atoms with Gasteiger partial charge in [0.05, 0.1) is 31.7 Å². The maximum atomic E-state index is 12.2. The lowest BCUT2D eigenvalue weighted by Crippen LogP contribution is -2.42. The number of nitrogens with zero attached hydrogens (tertiary/aromatic N) is 1. The van der Waals surface area contributed by atoms with Crippen LogP contribution in [0.4, 0.5) is 16.2 Å². The van der Waals surface area contributed by atoms with Gasteiger partial charge in [-0.05, 0) is 51.7 Å². The Morgan fingerprint density at radius 2 is 1.69 bits per heavy atom. The largest absolute Gasteiger partial charge is 0.466 e. The van der Waals surface area contributed by atoms with Crippen molar-refractivity contribution < 1.29 is 28.6 Å². The molecule has 1 heterocycles. The van der Waals surface area contributed by atoms with Gasteiger partial charge in [0.15, 0.2) is 0 Å². The van der Waals surface area contributed by atoms with Crippen LogP contribution < -0.4 is 10.6 Å². The maximum Gasteiger partial charge on any atom is 0.410 e. The van der Waals surface area contributed by atoms with Crippen molar-refractivity contribution >= 4 is 29.4 Å². The standard InChI is InChI=1S/C23H33N3O6/c1-23(2,3)32-22(29)26-12-10-16(11-13-26)15-24-17-8-6-7-9-18(17)25-19(21(28)31-5)14-20(27)30-4/h6-9,14,16,24-25H,10-13,15H2,1-5H3/b19-14+. The molecule has 0 bridgehead atoms. The average molecular weight is 448 g/mol. The number of likely N-dealkylation sites (tertiary alicyclic amines) is 1. The molecule has 1 amide bonds. The van der Waals surface area contributed by atoms with Crippen LogP contribution in [0.15, 0.2) is 36.0 Å². The number of hydrogen-bond acceptors (Lipinski definition) is 8. The van der Waals surface area contributed by atoms with Crippen molar-refractivity contribution in [1.82, 2.24) is 4.90 Å². The smallest absolute Gasteiger partial charge is 0.410 e. The molecule has 1 aromatic rings. The van der Waals surface area contributed by atoms with E-state index in [-0.39, 0.29) is 11.8 Å². The average Bonchev–Trinajstić information content (AvgIpc) is 2.76. The molecule has 9 heteroatoms. The number of esters is 2. The van der Waals surface area contributed by atoms with E-state index in [0.717, 1.165) is 24.6 Å². The SMILES string of the molecule is COC(=O)/C=C(/Nc1ccccc1NCC1CCN(C(=O)OC(C)(C)C)CC1)C(=O)OC. The first-order chi connectivity index (χ1) is 15.1. The number of anilines is 2. The highest BCUT2D eigenvalue weighted by Crippen LogP contribution is 2.25. The fourth-order valence-corrected chi connectivity index (χ4v) is 3.22. The zero-order valence-electron chi connectivity index (χ0n) is 19.4. The van der Waals surface area contributed by atoms with Crippen molar-refractivity contribution in [1.29, 1.82) is 0 Å². The summed E-state index contributed by atoms with van der Waals surface area (Å²) in [7, 11) is 2.47. The Morgan fingerprint density at radius 1 is 1.06 bits per heavy atom. The molecule has 176 valence electrons. The van der Waals surface area contributed by atoms with E-state index in [0.29, 0.717) is 31.2 Å². The van der Waals surface area contributed by atoms with Crippen molar-refractivity contribution in [3.8, 4) is 0 Å². The molecule has 2 N–H and O–H groups in total. The number of carbonyl (C=O) groups excluding carboxylic acids is 3. The number of ether oxygens (including phenoxy) is 3. The minimum atomic E-state index is -0.681. The van der Waals surface area contributed by atoms with Crippen LogP contribution in [-0.2, 0) is 23.8 Å². The molecule has 0 saturated carbocycles.